The van der Waals surface area contributed by atoms with E-state index >= 15 is 0 Å². The Bertz CT molecular complexity index is 427. The molecule has 4 unspecified atom stereocenters. The third kappa shape index (κ3) is 9.14. The standard InChI is InChI=1S/C12H16N4O4.Na/c1-7(5-13)3-9(11(17)18)15-16-10(12(19)20)4-8(2)6-14;/h7-10H,3-4H2,1-2H3,(H,17,18)(H,19,20);. The van der Waals surface area contributed by atoms with Crippen LogP contribution >= 0.6 is 0 Å². The number of nitrogens with zero attached hydrogens (tertiary/aromatic N) is 4. The Balaban J connectivity index is 0. The van der Waals surface area contributed by atoms with E-state index in [1.54, 1.807) is 0 Å². The number of hydrogen-bond acceptors (Lipinski definition) is 6. The Labute approximate surface area is 144 Å². The van der Waals surface area contributed by atoms with Crippen molar-refractivity contribution in [2.75, 3.05) is 0 Å². The van der Waals surface area contributed by atoms with Gasteiger partial charge < -0.3 is 10.2 Å². The summed E-state index contributed by atoms with van der Waals surface area (Å²) in [6.07, 6.45) is -0.0923. The van der Waals surface area contributed by atoms with Crippen molar-refractivity contribution in [3.8, 4) is 12.1 Å². The van der Waals surface area contributed by atoms with Gasteiger partial charge in [-0.25, -0.2) is 9.59 Å². The molecule has 0 aromatic carbocycles. The van der Waals surface area contributed by atoms with Gasteiger partial charge in [-0.15, -0.1) is 0 Å². The molecule has 0 amide bonds. The normalized spacial score (nSPS) is 15.8. The van der Waals surface area contributed by atoms with Crippen LogP contribution in [-0.2, 0) is 9.59 Å². The van der Waals surface area contributed by atoms with Gasteiger partial charge in [0, 0.05) is 41.4 Å². The number of carboxylic acid groups (broad SMARTS) is 2. The van der Waals surface area contributed by atoms with Crippen molar-refractivity contribution in [2.24, 2.45) is 22.1 Å². The van der Waals surface area contributed by atoms with Gasteiger partial charge in [0.1, 0.15) is 0 Å². The zero-order valence-electron chi connectivity index (χ0n) is 12.2. The predicted molar refractivity (Wildman–Crippen MR) is 72.2 cm³/mol. The van der Waals surface area contributed by atoms with E-state index < -0.39 is 35.9 Å². The molecule has 2 N–H and O–H groups in total. The van der Waals surface area contributed by atoms with Crippen molar-refractivity contribution in [3.05, 3.63) is 0 Å². The van der Waals surface area contributed by atoms with E-state index in [0.29, 0.717) is 0 Å². The molecule has 0 saturated heterocycles. The number of aliphatic carboxylic acids is 2. The smallest absolute Gasteiger partial charge is 0.330 e. The van der Waals surface area contributed by atoms with E-state index in [1.165, 1.54) is 13.8 Å². The molecule has 0 aliphatic carbocycles. The van der Waals surface area contributed by atoms with Crippen LogP contribution in [0.15, 0.2) is 10.2 Å². The maximum atomic E-state index is 10.9. The Morgan fingerprint density at radius 3 is 1.43 bits per heavy atom. The zero-order valence-corrected chi connectivity index (χ0v) is 14.2. The van der Waals surface area contributed by atoms with Crippen molar-refractivity contribution in [1.82, 2.24) is 0 Å². The monoisotopic (exact) mass is 303 g/mol. The van der Waals surface area contributed by atoms with E-state index in [4.69, 9.17) is 20.7 Å². The number of carboxylic acids is 2. The molecular weight excluding hydrogens is 287 g/mol. The molecule has 0 spiro atoms. The number of rotatable bonds is 8. The second-order valence-corrected chi connectivity index (χ2v) is 4.47. The molecule has 9 heteroatoms. The van der Waals surface area contributed by atoms with Gasteiger partial charge in [-0.3, -0.25) is 0 Å². The Morgan fingerprint density at radius 2 is 1.24 bits per heavy atom. The topological polar surface area (TPSA) is 147 Å². The molecule has 0 aromatic heterocycles. The van der Waals surface area contributed by atoms with Crippen LogP contribution in [0.25, 0.3) is 0 Å². The molecule has 0 bridgehead atoms. The van der Waals surface area contributed by atoms with Gasteiger partial charge in [0.2, 0.25) is 0 Å². The Kier molecular flexibility index (Phi) is 11.6. The molecule has 0 aliphatic heterocycles. The van der Waals surface area contributed by atoms with Gasteiger partial charge in [0.05, 0.1) is 12.1 Å². The minimum atomic E-state index is -1.27. The van der Waals surface area contributed by atoms with Gasteiger partial charge >= 0.3 is 11.9 Å². The molecule has 21 heavy (non-hydrogen) atoms. The van der Waals surface area contributed by atoms with Crippen molar-refractivity contribution >= 4 is 41.5 Å². The van der Waals surface area contributed by atoms with E-state index in [1.807, 2.05) is 12.1 Å². The number of hydrogen-bond donors (Lipinski definition) is 2. The maximum Gasteiger partial charge on any atom is 0.330 e. The van der Waals surface area contributed by atoms with E-state index in [2.05, 4.69) is 10.2 Å². The first-order valence-corrected chi connectivity index (χ1v) is 5.96. The van der Waals surface area contributed by atoms with Crippen LogP contribution in [0.2, 0.25) is 0 Å². The summed E-state index contributed by atoms with van der Waals surface area (Å²) in [7, 11) is 0. The van der Waals surface area contributed by atoms with Crippen molar-refractivity contribution in [1.29, 1.82) is 10.5 Å². The molecule has 0 aromatic rings. The number of carbonyl (C=O) groups is 2. The third-order valence-electron chi connectivity index (χ3n) is 2.51. The molecule has 1 radical (unpaired) electrons. The first-order valence-electron chi connectivity index (χ1n) is 5.96. The second-order valence-electron chi connectivity index (χ2n) is 4.47. The van der Waals surface area contributed by atoms with Crippen LogP contribution in [0.1, 0.15) is 26.7 Å². The van der Waals surface area contributed by atoms with E-state index in [0.717, 1.165) is 0 Å². The summed E-state index contributed by atoms with van der Waals surface area (Å²) in [4.78, 5) is 21.9. The Morgan fingerprint density at radius 1 is 0.952 bits per heavy atom. The summed E-state index contributed by atoms with van der Waals surface area (Å²) >= 11 is 0. The minimum Gasteiger partial charge on any atom is -0.480 e. The van der Waals surface area contributed by atoms with Crippen LogP contribution in [0.5, 0.6) is 0 Å². The fraction of sp³-hybridized carbons (Fsp3) is 0.667. The van der Waals surface area contributed by atoms with Crippen molar-refractivity contribution < 1.29 is 19.8 Å². The summed E-state index contributed by atoms with van der Waals surface area (Å²) in [6, 6.07) is 1.23. The fourth-order valence-corrected chi connectivity index (χ4v) is 1.33. The quantitative estimate of drug-likeness (QED) is 0.506. The van der Waals surface area contributed by atoms with Crippen LogP contribution in [0.4, 0.5) is 0 Å². The summed E-state index contributed by atoms with van der Waals surface area (Å²) in [5.41, 5.74) is 0. The minimum absolute atomic E-state index is 0. The summed E-state index contributed by atoms with van der Waals surface area (Å²) in [6.45, 7) is 3.08. The van der Waals surface area contributed by atoms with Crippen LogP contribution in [0, 0.1) is 34.5 Å². The molecule has 0 aliphatic rings. The fourth-order valence-electron chi connectivity index (χ4n) is 1.33. The molecule has 0 rings (SSSR count). The SMILES string of the molecule is CC(C#N)CC(N=NC(CC(C)C#N)C(=O)O)C(=O)O.[Na]. The number of azo groups is 1. The van der Waals surface area contributed by atoms with Crippen LogP contribution in [-0.4, -0.2) is 63.8 Å². The average Bonchev–Trinajstić information content (AvgIpc) is 2.40. The maximum absolute atomic E-state index is 10.9. The predicted octanol–water partition coefficient (Wildman–Crippen LogP) is 1.06. The second kappa shape index (κ2) is 11.2. The van der Waals surface area contributed by atoms with E-state index in [9.17, 15) is 9.59 Å². The van der Waals surface area contributed by atoms with Gasteiger partial charge in [0.25, 0.3) is 0 Å². The first-order chi connectivity index (χ1) is 9.31. The molecule has 109 valence electrons. The molecule has 4 atom stereocenters. The molecule has 8 nitrogen and oxygen atoms in total. The van der Waals surface area contributed by atoms with Gasteiger partial charge in [-0.2, -0.15) is 20.8 Å². The van der Waals surface area contributed by atoms with Crippen molar-refractivity contribution in [2.45, 2.75) is 38.8 Å². The van der Waals surface area contributed by atoms with Gasteiger partial charge in [-0.05, 0) is 26.7 Å². The van der Waals surface area contributed by atoms with Crippen LogP contribution < -0.4 is 0 Å². The molecule has 0 heterocycles. The average molecular weight is 303 g/mol. The van der Waals surface area contributed by atoms with Crippen molar-refractivity contribution in [3.63, 3.8) is 0 Å². The number of nitriles is 2. The van der Waals surface area contributed by atoms with Crippen LogP contribution in [0.3, 0.4) is 0 Å². The molecule has 0 fully saturated rings. The third-order valence-corrected chi connectivity index (χ3v) is 2.51. The van der Waals surface area contributed by atoms with Gasteiger partial charge in [-0.1, -0.05) is 0 Å². The summed E-state index contributed by atoms with van der Waals surface area (Å²) in [5.74, 6) is -3.60. The zero-order chi connectivity index (χ0) is 15.7. The first kappa shape index (κ1) is 21.8. The molecular formula is C12H16N4NaO4. The van der Waals surface area contributed by atoms with Gasteiger partial charge in [0.15, 0.2) is 12.1 Å². The largest absolute Gasteiger partial charge is 0.480 e. The van der Waals surface area contributed by atoms with E-state index in [-0.39, 0.29) is 42.4 Å². The Hall–Kier alpha value is -1.48. The molecule has 0 saturated carbocycles. The summed E-state index contributed by atoms with van der Waals surface area (Å²) < 4.78 is 0. The summed E-state index contributed by atoms with van der Waals surface area (Å²) in [5, 5.41) is 42.2.